The first-order valence-electron chi connectivity index (χ1n) is 8.72. The van der Waals surface area contributed by atoms with Gasteiger partial charge in [-0.1, -0.05) is 49.8 Å². The first-order chi connectivity index (χ1) is 12.1. The average molecular weight is 362 g/mol. The standard InChI is InChI=1S/C18H23FN4OS/c1-3-6-12(2)16-21-22-17(25-16)20-18(24)23-10-9-13(11-23)14-7-4-5-8-15(14)19/h4-5,7-8,12-13H,3,6,9-11H2,1-2H3,(H,20,22,24)/t12-,13+/m0/s1. The summed E-state index contributed by atoms with van der Waals surface area (Å²) in [6.07, 6.45) is 2.91. The number of rotatable bonds is 5. The maximum Gasteiger partial charge on any atom is 0.323 e. The van der Waals surface area contributed by atoms with Gasteiger partial charge in [-0.05, 0) is 24.5 Å². The molecular formula is C18H23FN4OS. The Morgan fingerprint density at radius 3 is 3.00 bits per heavy atom. The highest BCUT2D eigenvalue weighted by atomic mass is 32.1. The van der Waals surface area contributed by atoms with Gasteiger partial charge in [0.2, 0.25) is 5.13 Å². The van der Waals surface area contributed by atoms with E-state index in [-0.39, 0.29) is 17.8 Å². The van der Waals surface area contributed by atoms with Crippen molar-refractivity contribution in [3.8, 4) is 0 Å². The zero-order chi connectivity index (χ0) is 17.8. The summed E-state index contributed by atoms with van der Waals surface area (Å²) in [7, 11) is 0. The molecule has 0 aliphatic carbocycles. The maximum atomic E-state index is 13.9. The fraction of sp³-hybridized carbons (Fsp3) is 0.500. The van der Waals surface area contributed by atoms with Crippen LogP contribution in [0.15, 0.2) is 24.3 Å². The van der Waals surface area contributed by atoms with Crippen LogP contribution in [-0.4, -0.2) is 34.2 Å². The topological polar surface area (TPSA) is 58.1 Å². The summed E-state index contributed by atoms with van der Waals surface area (Å²) >= 11 is 1.43. The molecule has 0 unspecified atom stereocenters. The van der Waals surface area contributed by atoms with Crippen molar-refractivity contribution in [2.24, 2.45) is 0 Å². The van der Waals surface area contributed by atoms with Gasteiger partial charge in [0, 0.05) is 24.9 Å². The molecule has 2 heterocycles. The Kier molecular flexibility index (Phi) is 5.63. The minimum absolute atomic E-state index is 0.0431. The first-order valence-corrected chi connectivity index (χ1v) is 9.54. The lowest BCUT2D eigenvalue weighted by Gasteiger charge is -2.16. The summed E-state index contributed by atoms with van der Waals surface area (Å²) < 4.78 is 13.9. The Morgan fingerprint density at radius 2 is 2.24 bits per heavy atom. The van der Waals surface area contributed by atoms with E-state index in [2.05, 4.69) is 29.4 Å². The molecule has 2 amide bonds. The quantitative estimate of drug-likeness (QED) is 0.845. The van der Waals surface area contributed by atoms with Gasteiger partial charge in [-0.2, -0.15) is 0 Å². The van der Waals surface area contributed by atoms with Crippen LogP contribution in [0, 0.1) is 5.82 Å². The summed E-state index contributed by atoms with van der Waals surface area (Å²) in [5.74, 6) is 0.195. The molecule has 0 saturated carbocycles. The van der Waals surface area contributed by atoms with Gasteiger partial charge >= 0.3 is 6.03 Å². The Hall–Kier alpha value is -2.02. The van der Waals surface area contributed by atoms with Crippen LogP contribution >= 0.6 is 11.3 Å². The highest BCUT2D eigenvalue weighted by Crippen LogP contribution is 2.30. The Bertz CT molecular complexity index is 735. The molecule has 2 aromatic rings. The van der Waals surface area contributed by atoms with Crippen LogP contribution in [-0.2, 0) is 0 Å². The third kappa shape index (κ3) is 4.15. The summed E-state index contributed by atoms with van der Waals surface area (Å²) in [5, 5.41) is 12.5. The number of halogens is 1. The minimum Gasteiger partial charge on any atom is -0.324 e. The van der Waals surface area contributed by atoms with E-state index in [1.165, 1.54) is 17.4 Å². The smallest absolute Gasteiger partial charge is 0.323 e. The second kappa shape index (κ2) is 7.91. The molecule has 0 bridgehead atoms. The van der Waals surface area contributed by atoms with E-state index in [4.69, 9.17) is 0 Å². The van der Waals surface area contributed by atoms with E-state index in [1.807, 2.05) is 6.07 Å². The Balaban J connectivity index is 1.59. The Morgan fingerprint density at radius 1 is 1.44 bits per heavy atom. The van der Waals surface area contributed by atoms with Gasteiger partial charge in [-0.25, -0.2) is 9.18 Å². The van der Waals surface area contributed by atoms with Crippen LogP contribution < -0.4 is 5.32 Å². The number of likely N-dealkylation sites (tertiary alicyclic amines) is 1. The number of anilines is 1. The predicted octanol–water partition coefficient (Wildman–Crippen LogP) is 4.60. The number of hydrogen-bond acceptors (Lipinski definition) is 4. The summed E-state index contributed by atoms with van der Waals surface area (Å²) in [6, 6.07) is 6.60. The largest absolute Gasteiger partial charge is 0.324 e. The zero-order valence-corrected chi connectivity index (χ0v) is 15.4. The van der Waals surface area contributed by atoms with Crippen molar-refractivity contribution in [2.45, 2.75) is 44.9 Å². The van der Waals surface area contributed by atoms with E-state index in [0.29, 0.717) is 29.7 Å². The molecule has 1 aliphatic heterocycles. The molecule has 5 nitrogen and oxygen atoms in total. The van der Waals surface area contributed by atoms with Crippen molar-refractivity contribution in [2.75, 3.05) is 18.4 Å². The first kappa shape index (κ1) is 17.8. The van der Waals surface area contributed by atoms with Crippen LogP contribution in [0.3, 0.4) is 0 Å². The molecule has 134 valence electrons. The molecule has 0 spiro atoms. The highest BCUT2D eigenvalue weighted by Gasteiger charge is 2.29. The molecule has 1 aromatic carbocycles. The van der Waals surface area contributed by atoms with Gasteiger partial charge in [-0.3, -0.25) is 5.32 Å². The van der Waals surface area contributed by atoms with Crippen molar-refractivity contribution in [3.63, 3.8) is 0 Å². The maximum absolute atomic E-state index is 13.9. The summed E-state index contributed by atoms with van der Waals surface area (Å²) in [6.45, 7) is 5.39. The molecule has 0 radical (unpaired) electrons. The minimum atomic E-state index is -0.201. The molecule has 1 fully saturated rings. The molecule has 3 rings (SSSR count). The lowest BCUT2D eigenvalue weighted by atomic mass is 9.98. The predicted molar refractivity (Wildman–Crippen MR) is 97.6 cm³/mol. The number of benzene rings is 1. The molecule has 25 heavy (non-hydrogen) atoms. The lowest BCUT2D eigenvalue weighted by molar-refractivity contribution is 0.222. The van der Waals surface area contributed by atoms with Crippen molar-refractivity contribution in [1.29, 1.82) is 0 Å². The van der Waals surface area contributed by atoms with Gasteiger partial charge in [-0.15, -0.1) is 10.2 Å². The van der Waals surface area contributed by atoms with Crippen LogP contribution in [0.25, 0.3) is 0 Å². The SMILES string of the molecule is CCC[C@H](C)c1nnc(NC(=O)N2CC[C@@H](c3ccccc3F)C2)s1. The molecule has 1 aliphatic rings. The molecule has 7 heteroatoms. The van der Waals surface area contributed by atoms with E-state index in [1.54, 1.807) is 17.0 Å². The van der Waals surface area contributed by atoms with Gasteiger partial charge in [0.25, 0.3) is 0 Å². The normalized spacial score (nSPS) is 18.4. The van der Waals surface area contributed by atoms with Crippen LogP contribution in [0.4, 0.5) is 14.3 Å². The van der Waals surface area contributed by atoms with Gasteiger partial charge in [0.15, 0.2) is 0 Å². The zero-order valence-electron chi connectivity index (χ0n) is 14.5. The second-order valence-electron chi connectivity index (χ2n) is 6.52. The van der Waals surface area contributed by atoms with E-state index in [9.17, 15) is 9.18 Å². The number of aromatic nitrogens is 2. The third-order valence-corrected chi connectivity index (χ3v) is 5.69. The summed E-state index contributed by atoms with van der Waals surface area (Å²) in [5.41, 5.74) is 0.685. The van der Waals surface area contributed by atoms with Crippen molar-refractivity contribution >= 4 is 22.5 Å². The Labute approximate surface area is 151 Å². The van der Waals surface area contributed by atoms with Crippen LogP contribution in [0.5, 0.6) is 0 Å². The fourth-order valence-electron chi connectivity index (χ4n) is 3.22. The number of nitrogens with one attached hydrogen (secondary N) is 1. The molecule has 1 aromatic heterocycles. The number of amides is 2. The fourth-order valence-corrected chi connectivity index (χ4v) is 4.03. The van der Waals surface area contributed by atoms with E-state index < -0.39 is 0 Å². The molecule has 1 saturated heterocycles. The van der Waals surface area contributed by atoms with Gasteiger partial charge in [0.05, 0.1) is 0 Å². The second-order valence-corrected chi connectivity index (χ2v) is 7.53. The third-order valence-electron chi connectivity index (χ3n) is 4.62. The number of carbonyl (C=O) groups excluding carboxylic acids is 1. The van der Waals surface area contributed by atoms with Crippen molar-refractivity contribution in [1.82, 2.24) is 15.1 Å². The lowest BCUT2D eigenvalue weighted by Crippen LogP contribution is -2.32. The van der Waals surface area contributed by atoms with Crippen LogP contribution in [0.1, 0.15) is 55.5 Å². The number of hydrogen-bond donors (Lipinski definition) is 1. The van der Waals surface area contributed by atoms with Gasteiger partial charge < -0.3 is 4.90 Å². The van der Waals surface area contributed by atoms with E-state index >= 15 is 0 Å². The average Bonchev–Trinajstić information content (AvgIpc) is 3.25. The molecule has 1 N–H and O–H groups in total. The van der Waals surface area contributed by atoms with Crippen LogP contribution in [0.2, 0.25) is 0 Å². The van der Waals surface area contributed by atoms with E-state index in [0.717, 1.165) is 24.3 Å². The number of nitrogens with zero attached hydrogens (tertiary/aromatic N) is 3. The number of urea groups is 1. The summed E-state index contributed by atoms with van der Waals surface area (Å²) in [4.78, 5) is 14.2. The highest BCUT2D eigenvalue weighted by molar-refractivity contribution is 7.15. The van der Waals surface area contributed by atoms with Gasteiger partial charge in [0.1, 0.15) is 10.8 Å². The monoisotopic (exact) mass is 362 g/mol. The molecular weight excluding hydrogens is 339 g/mol. The van der Waals surface area contributed by atoms with Crippen molar-refractivity contribution in [3.05, 3.63) is 40.7 Å². The van der Waals surface area contributed by atoms with Crippen molar-refractivity contribution < 1.29 is 9.18 Å². The number of carbonyl (C=O) groups is 1. The molecule has 2 atom stereocenters.